The number of rotatable bonds is 6. The van der Waals surface area contributed by atoms with Crippen LogP contribution in [0.4, 0.5) is 0 Å². The van der Waals surface area contributed by atoms with Crippen LogP contribution in [0.15, 0.2) is 182 Å². The zero-order valence-electron chi connectivity index (χ0n) is 22.0. The van der Waals surface area contributed by atoms with E-state index in [2.05, 4.69) is 213 Å². The first kappa shape index (κ1) is 28.7. The molecule has 0 radical (unpaired) electrons. The second kappa shape index (κ2) is 13.7. The van der Waals surface area contributed by atoms with Crippen molar-refractivity contribution in [3.05, 3.63) is 182 Å². The quantitative estimate of drug-likeness (QED) is 0.154. The van der Waals surface area contributed by atoms with Crippen LogP contribution in [0.25, 0.3) is 0 Å². The van der Waals surface area contributed by atoms with Gasteiger partial charge in [0.2, 0.25) is 0 Å². The molecule has 40 heavy (non-hydrogen) atoms. The molecule has 0 heterocycles. The SMILES string of the molecule is Br[P+](c1ccccc1)(c1ccccc1)c1ccccc1.Br[P+](c1ccccc1)(c1ccccc1)c1ccccc1. The summed E-state index contributed by atoms with van der Waals surface area (Å²) >= 11 is 8.24. The Kier molecular flexibility index (Phi) is 9.79. The molecular weight excluding hydrogens is 654 g/mol. The molecule has 0 amide bonds. The Hall–Kier alpha value is -2.86. The molecule has 196 valence electrons. The standard InChI is InChI=1S/2C18H15BrP/c2*19-20(16-10-4-1-5-11-16,17-12-6-2-7-13-17)18-14-8-3-9-15-18/h2*1-15H/q2*+1. The topological polar surface area (TPSA) is 0 Å². The average molecular weight is 684 g/mol. The fourth-order valence-electron chi connectivity index (χ4n) is 4.69. The Morgan fingerprint density at radius 1 is 0.225 bits per heavy atom. The lowest BCUT2D eigenvalue weighted by molar-refractivity contribution is 1.73. The van der Waals surface area contributed by atoms with Gasteiger partial charge in [0.25, 0.3) is 0 Å². The highest BCUT2D eigenvalue weighted by atomic mass is 79.9. The minimum absolute atomic E-state index is 1.34. The van der Waals surface area contributed by atoms with Crippen molar-refractivity contribution >= 4 is 74.7 Å². The molecule has 4 heteroatoms. The van der Waals surface area contributed by atoms with Crippen LogP contribution in [0.3, 0.4) is 0 Å². The zero-order chi connectivity index (χ0) is 27.7. The van der Waals surface area contributed by atoms with Crippen LogP contribution in [-0.4, -0.2) is 0 Å². The van der Waals surface area contributed by atoms with Gasteiger partial charge in [-0.15, -0.1) is 0 Å². The number of hydrogen-bond donors (Lipinski definition) is 0. The lowest BCUT2D eigenvalue weighted by Crippen LogP contribution is -2.26. The van der Waals surface area contributed by atoms with Crippen molar-refractivity contribution in [2.75, 3.05) is 0 Å². The van der Waals surface area contributed by atoms with Gasteiger partial charge in [0.05, 0.1) is 0 Å². The summed E-state index contributed by atoms with van der Waals surface area (Å²) < 4.78 is 0. The van der Waals surface area contributed by atoms with E-state index in [4.69, 9.17) is 0 Å². The van der Waals surface area contributed by atoms with Crippen LogP contribution >= 0.6 is 42.9 Å². The summed E-state index contributed by atoms with van der Waals surface area (Å²) in [5.74, 6) is -3.43. The molecule has 0 saturated carbocycles. The average Bonchev–Trinajstić information content (AvgIpc) is 3.07. The number of hydrogen-bond acceptors (Lipinski definition) is 0. The van der Waals surface area contributed by atoms with E-state index in [1.165, 1.54) is 31.8 Å². The van der Waals surface area contributed by atoms with E-state index in [9.17, 15) is 0 Å². The van der Waals surface area contributed by atoms with Gasteiger partial charge < -0.3 is 0 Å². The van der Waals surface area contributed by atoms with Gasteiger partial charge in [-0.05, 0) is 72.8 Å². The molecule has 0 saturated heterocycles. The van der Waals surface area contributed by atoms with Crippen molar-refractivity contribution in [2.24, 2.45) is 0 Å². The predicted octanol–water partition coefficient (Wildman–Crippen LogP) is 8.58. The predicted molar refractivity (Wildman–Crippen MR) is 188 cm³/mol. The minimum atomic E-state index is -1.71. The third-order valence-corrected chi connectivity index (χ3v) is 20.1. The van der Waals surface area contributed by atoms with Crippen LogP contribution in [0.5, 0.6) is 0 Å². The Labute approximate surface area is 255 Å². The highest BCUT2D eigenvalue weighted by Gasteiger charge is 2.44. The molecule has 0 unspecified atom stereocenters. The van der Waals surface area contributed by atoms with Gasteiger partial charge in [-0.2, -0.15) is 0 Å². The highest BCUT2D eigenvalue weighted by Crippen LogP contribution is 2.63. The molecule has 6 aromatic rings. The summed E-state index contributed by atoms with van der Waals surface area (Å²) in [6, 6.07) is 64.2. The maximum atomic E-state index is 4.12. The monoisotopic (exact) mass is 682 g/mol. The van der Waals surface area contributed by atoms with E-state index in [1.807, 2.05) is 0 Å². The second-order valence-corrected chi connectivity index (χ2v) is 21.0. The first-order valence-corrected chi connectivity index (χ1v) is 20.8. The summed E-state index contributed by atoms with van der Waals surface area (Å²) in [4.78, 5) is 0. The van der Waals surface area contributed by atoms with Gasteiger partial charge >= 0.3 is 0 Å². The maximum absolute atomic E-state index is 4.12. The number of benzene rings is 6. The highest BCUT2D eigenvalue weighted by molar-refractivity contribution is 9.45. The van der Waals surface area contributed by atoms with Crippen molar-refractivity contribution in [1.29, 1.82) is 0 Å². The van der Waals surface area contributed by atoms with E-state index in [-0.39, 0.29) is 0 Å². The summed E-state index contributed by atoms with van der Waals surface area (Å²) in [6.45, 7) is 0. The van der Waals surface area contributed by atoms with Gasteiger partial charge in [0, 0.05) is 0 Å². The molecular formula is C36H30Br2P2+2. The molecule has 0 aromatic heterocycles. The van der Waals surface area contributed by atoms with Crippen molar-refractivity contribution < 1.29 is 0 Å². The fraction of sp³-hybridized carbons (Fsp3) is 0. The molecule has 0 nitrogen and oxygen atoms in total. The van der Waals surface area contributed by atoms with Crippen molar-refractivity contribution in [1.82, 2.24) is 0 Å². The molecule has 0 spiro atoms. The van der Waals surface area contributed by atoms with Crippen molar-refractivity contribution in [2.45, 2.75) is 0 Å². The van der Waals surface area contributed by atoms with Crippen LogP contribution in [0.2, 0.25) is 0 Å². The first-order valence-electron chi connectivity index (χ1n) is 13.1. The van der Waals surface area contributed by atoms with Gasteiger partial charge in [-0.25, -0.2) is 0 Å². The summed E-state index contributed by atoms with van der Waals surface area (Å²) in [6.07, 6.45) is 0. The van der Waals surface area contributed by atoms with Crippen LogP contribution in [-0.2, 0) is 0 Å². The molecule has 0 N–H and O–H groups in total. The van der Waals surface area contributed by atoms with Gasteiger partial charge in [-0.3, -0.25) is 0 Å². The molecule has 0 aliphatic heterocycles. The molecule has 0 aliphatic rings. The summed E-state index contributed by atoms with van der Waals surface area (Å²) in [5.41, 5.74) is 0. The van der Waals surface area contributed by atoms with Crippen LogP contribution in [0, 0.1) is 0 Å². The molecule has 0 atom stereocenters. The summed E-state index contributed by atoms with van der Waals surface area (Å²) in [7, 11) is 0. The zero-order valence-corrected chi connectivity index (χ0v) is 26.9. The molecule has 0 aliphatic carbocycles. The van der Waals surface area contributed by atoms with Crippen molar-refractivity contribution in [3.8, 4) is 0 Å². The fourth-order valence-corrected chi connectivity index (χ4v) is 14.2. The van der Waals surface area contributed by atoms with Crippen LogP contribution in [0.1, 0.15) is 0 Å². The second-order valence-electron chi connectivity index (χ2n) is 9.19. The smallest absolute Gasteiger partial charge is 0.0620 e. The van der Waals surface area contributed by atoms with Crippen LogP contribution < -0.4 is 31.8 Å². The molecule has 0 bridgehead atoms. The molecule has 6 rings (SSSR count). The molecule has 6 aromatic carbocycles. The Balaban J connectivity index is 0.000000161. The Morgan fingerprint density at radius 3 is 0.475 bits per heavy atom. The largest absolute Gasteiger partial charge is 0.181 e. The number of halogens is 2. The first-order chi connectivity index (χ1) is 19.6. The minimum Gasteiger partial charge on any atom is -0.0620 e. The lowest BCUT2D eigenvalue weighted by Gasteiger charge is -2.19. The Bertz CT molecular complexity index is 1260. The van der Waals surface area contributed by atoms with Crippen molar-refractivity contribution in [3.63, 3.8) is 0 Å². The Morgan fingerprint density at radius 2 is 0.350 bits per heavy atom. The van der Waals surface area contributed by atoms with Gasteiger partial charge in [-0.1, -0.05) is 109 Å². The van der Waals surface area contributed by atoms with E-state index < -0.39 is 11.9 Å². The van der Waals surface area contributed by atoms with E-state index in [1.54, 1.807) is 0 Å². The third-order valence-electron chi connectivity index (χ3n) is 6.67. The lowest BCUT2D eigenvalue weighted by atomic mass is 10.4. The van der Waals surface area contributed by atoms with E-state index >= 15 is 0 Å². The third kappa shape index (κ3) is 6.22. The summed E-state index contributed by atoms with van der Waals surface area (Å²) in [5, 5.41) is 8.07. The maximum Gasteiger partial charge on any atom is 0.181 e. The normalized spacial score (nSPS) is 11.2. The molecule has 0 fully saturated rings. The van der Waals surface area contributed by atoms with E-state index in [0.717, 1.165) is 0 Å². The van der Waals surface area contributed by atoms with Gasteiger partial charge in [0.15, 0.2) is 42.9 Å². The van der Waals surface area contributed by atoms with Gasteiger partial charge in [0.1, 0.15) is 31.8 Å². The van der Waals surface area contributed by atoms with E-state index in [0.29, 0.717) is 0 Å².